The number of benzene rings is 2. The molecular weight excluding hydrogens is 442 g/mol. The van der Waals surface area contributed by atoms with Gasteiger partial charge in [0.2, 0.25) is 0 Å². The number of carbonyl (C=O) groups excluding carboxylic acids is 2. The topological polar surface area (TPSA) is 59.8 Å². The molecule has 32 heavy (non-hydrogen) atoms. The van der Waals surface area contributed by atoms with E-state index in [1.54, 1.807) is 42.2 Å². The number of ether oxygens (including phenoxy) is 1. The summed E-state index contributed by atoms with van der Waals surface area (Å²) in [5.41, 5.74) is 2.48. The summed E-state index contributed by atoms with van der Waals surface area (Å²) in [6, 6.07) is 20.7. The van der Waals surface area contributed by atoms with Crippen LogP contribution in [-0.2, 0) is 16.0 Å². The van der Waals surface area contributed by atoms with Crippen molar-refractivity contribution >= 4 is 46.3 Å². The van der Waals surface area contributed by atoms with E-state index in [4.69, 9.17) is 21.4 Å². The van der Waals surface area contributed by atoms with E-state index >= 15 is 0 Å². The first-order valence-corrected chi connectivity index (χ1v) is 11.4. The lowest BCUT2D eigenvalue weighted by Gasteiger charge is -2.14. The van der Waals surface area contributed by atoms with Gasteiger partial charge in [-0.25, -0.2) is 4.79 Å². The van der Waals surface area contributed by atoms with Crippen LogP contribution in [0.3, 0.4) is 0 Å². The summed E-state index contributed by atoms with van der Waals surface area (Å²) in [5, 5.41) is 0. The van der Waals surface area contributed by atoms with Crippen molar-refractivity contribution in [3.8, 4) is 11.3 Å². The molecule has 1 aromatic heterocycles. The highest BCUT2D eigenvalue weighted by Gasteiger charge is 2.31. The lowest BCUT2D eigenvalue weighted by Crippen LogP contribution is -2.30. The summed E-state index contributed by atoms with van der Waals surface area (Å²) >= 11 is 6.70. The number of amides is 1. The highest BCUT2D eigenvalue weighted by atomic mass is 32.2. The summed E-state index contributed by atoms with van der Waals surface area (Å²) < 4.78 is 11.5. The molecule has 2 aromatic carbocycles. The maximum atomic E-state index is 12.8. The van der Waals surface area contributed by atoms with Crippen molar-refractivity contribution in [1.29, 1.82) is 0 Å². The van der Waals surface area contributed by atoms with E-state index < -0.39 is 0 Å². The maximum absolute atomic E-state index is 12.8. The molecule has 0 unspecified atom stereocenters. The van der Waals surface area contributed by atoms with Crippen molar-refractivity contribution in [3.63, 3.8) is 0 Å². The zero-order chi connectivity index (χ0) is 22.5. The number of hydrogen-bond acceptors (Lipinski definition) is 6. The van der Waals surface area contributed by atoms with Gasteiger partial charge < -0.3 is 9.15 Å². The zero-order valence-corrected chi connectivity index (χ0v) is 19.1. The average molecular weight is 464 g/mol. The standard InChI is InChI=1S/C25H21NO4S2/c1-2-29-24(28)19-10-8-18(9-11-19)21-13-12-20(30-21)16-22-23(27)26(25(31)32-22)15-14-17-6-4-3-5-7-17/h3-13,16H,2,14-15H2,1H3/b22-16+. The third-order valence-corrected chi connectivity index (χ3v) is 6.30. The first kappa shape index (κ1) is 22.0. The van der Waals surface area contributed by atoms with Gasteiger partial charge in [-0.05, 0) is 43.2 Å². The molecule has 1 aliphatic heterocycles. The number of thiocarbonyl (C=S) groups is 1. The Hall–Kier alpha value is -3.16. The summed E-state index contributed by atoms with van der Waals surface area (Å²) in [4.78, 5) is 26.8. The van der Waals surface area contributed by atoms with Gasteiger partial charge >= 0.3 is 5.97 Å². The molecule has 1 amide bonds. The van der Waals surface area contributed by atoms with Crippen molar-refractivity contribution < 1.29 is 18.7 Å². The quantitative estimate of drug-likeness (QED) is 0.259. The molecule has 0 N–H and O–H groups in total. The monoisotopic (exact) mass is 463 g/mol. The van der Waals surface area contributed by atoms with Gasteiger partial charge in [0.15, 0.2) is 0 Å². The number of furan rings is 1. The van der Waals surface area contributed by atoms with Gasteiger partial charge in [0, 0.05) is 18.2 Å². The fourth-order valence-electron chi connectivity index (χ4n) is 3.28. The summed E-state index contributed by atoms with van der Waals surface area (Å²) in [5.74, 6) is 0.755. The Labute approximate surface area is 196 Å². The summed E-state index contributed by atoms with van der Waals surface area (Å²) in [7, 11) is 0. The van der Waals surface area contributed by atoms with Gasteiger partial charge in [-0.1, -0.05) is 66.4 Å². The molecule has 0 spiro atoms. The first-order chi connectivity index (χ1) is 15.5. The predicted molar refractivity (Wildman–Crippen MR) is 130 cm³/mol. The van der Waals surface area contributed by atoms with Crippen LogP contribution in [0.25, 0.3) is 17.4 Å². The lowest BCUT2D eigenvalue weighted by atomic mass is 10.1. The van der Waals surface area contributed by atoms with Crippen LogP contribution in [0, 0.1) is 0 Å². The van der Waals surface area contributed by atoms with Gasteiger partial charge in [-0.15, -0.1) is 0 Å². The minimum atomic E-state index is -0.353. The molecule has 0 atom stereocenters. The van der Waals surface area contributed by atoms with Crippen LogP contribution in [0.1, 0.15) is 28.6 Å². The first-order valence-electron chi connectivity index (χ1n) is 10.2. The molecule has 4 rings (SSSR count). The van der Waals surface area contributed by atoms with Gasteiger partial charge in [-0.3, -0.25) is 9.69 Å². The van der Waals surface area contributed by atoms with E-state index in [-0.39, 0.29) is 11.9 Å². The molecule has 1 saturated heterocycles. The van der Waals surface area contributed by atoms with Gasteiger partial charge in [0.1, 0.15) is 15.8 Å². The molecule has 162 valence electrons. The van der Waals surface area contributed by atoms with Crippen LogP contribution < -0.4 is 0 Å². The SMILES string of the molecule is CCOC(=O)c1ccc(-c2ccc(/C=C3/SC(=S)N(CCc4ccccc4)C3=O)o2)cc1. The van der Waals surface area contributed by atoms with Crippen molar-refractivity contribution in [2.75, 3.05) is 13.2 Å². The molecule has 0 radical (unpaired) electrons. The smallest absolute Gasteiger partial charge is 0.338 e. The molecule has 0 aliphatic carbocycles. The highest BCUT2D eigenvalue weighted by molar-refractivity contribution is 8.26. The zero-order valence-electron chi connectivity index (χ0n) is 17.4. The van der Waals surface area contributed by atoms with Crippen molar-refractivity contribution in [2.45, 2.75) is 13.3 Å². The fourth-order valence-corrected chi connectivity index (χ4v) is 4.57. The normalized spacial score (nSPS) is 14.9. The molecule has 7 heteroatoms. The Morgan fingerprint density at radius 3 is 2.56 bits per heavy atom. The predicted octanol–water partition coefficient (Wildman–Crippen LogP) is 5.57. The van der Waals surface area contributed by atoms with E-state index in [0.29, 0.717) is 39.5 Å². The highest BCUT2D eigenvalue weighted by Crippen LogP contribution is 2.33. The molecule has 0 saturated carbocycles. The van der Waals surface area contributed by atoms with Crippen LogP contribution in [0.5, 0.6) is 0 Å². The van der Waals surface area contributed by atoms with Crippen molar-refractivity contribution in [3.05, 3.63) is 88.5 Å². The Kier molecular flexibility index (Phi) is 6.87. The second-order valence-corrected chi connectivity index (χ2v) is 8.74. The van der Waals surface area contributed by atoms with Gasteiger partial charge in [0.25, 0.3) is 5.91 Å². The molecule has 3 aromatic rings. The average Bonchev–Trinajstić information content (AvgIpc) is 3.38. The molecule has 0 bridgehead atoms. The summed E-state index contributed by atoms with van der Waals surface area (Å²) in [6.07, 6.45) is 2.46. The fraction of sp³-hybridized carbons (Fsp3) is 0.160. The maximum Gasteiger partial charge on any atom is 0.338 e. The third kappa shape index (κ3) is 5.00. The van der Waals surface area contributed by atoms with Crippen molar-refractivity contribution in [2.24, 2.45) is 0 Å². The van der Waals surface area contributed by atoms with Crippen LogP contribution in [0.15, 0.2) is 76.1 Å². The Balaban J connectivity index is 1.44. The molecule has 1 aliphatic rings. The minimum absolute atomic E-state index is 0.104. The molecular formula is C25H21NO4S2. The largest absolute Gasteiger partial charge is 0.462 e. The second-order valence-electron chi connectivity index (χ2n) is 7.07. The van der Waals surface area contributed by atoms with E-state index in [0.717, 1.165) is 17.5 Å². The number of rotatable bonds is 7. The summed E-state index contributed by atoms with van der Waals surface area (Å²) in [6.45, 7) is 2.65. The van der Waals surface area contributed by atoms with Crippen LogP contribution in [-0.4, -0.2) is 34.2 Å². The van der Waals surface area contributed by atoms with E-state index in [9.17, 15) is 9.59 Å². The number of nitrogens with zero attached hydrogens (tertiary/aromatic N) is 1. The van der Waals surface area contributed by atoms with E-state index in [2.05, 4.69) is 0 Å². The van der Waals surface area contributed by atoms with Gasteiger partial charge in [0.05, 0.1) is 17.1 Å². The second kappa shape index (κ2) is 9.97. The third-order valence-electron chi connectivity index (χ3n) is 4.92. The van der Waals surface area contributed by atoms with Crippen LogP contribution >= 0.6 is 24.0 Å². The van der Waals surface area contributed by atoms with Crippen molar-refractivity contribution in [1.82, 2.24) is 4.90 Å². The van der Waals surface area contributed by atoms with Crippen LogP contribution in [0.4, 0.5) is 0 Å². The Morgan fingerprint density at radius 1 is 1.09 bits per heavy atom. The lowest BCUT2D eigenvalue weighted by molar-refractivity contribution is -0.122. The minimum Gasteiger partial charge on any atom is -0.462 e. The van der Waals surface area contributed by atoms with E-state index in [1.165, 1.54) is 11.8 Å². The van der Waals surface area contributed by atoms with Gasteiger partial charge in [-0.2, -0.15) is 0 Å². The number of thioether (sulfide) groups is 1. The van der Waals surface area contributed by atoms with E-state index in [1.807, 2.05) is 42.5 Å². The molecule has 1 fully saturated rings. The number of carbonyl (C=O) groups is 2. The Morgan fingerprint density at radius 2 is 1.84 bits per heavy atom. The van der Waals surface area contributed by atoms with Crippen LogP contribution in [0.2, 0.25) is 0 Å². The number of esters is 1. The number of hydrogen-bond donors (Lipinski definition) is 0. The molecule has 2 heterocycles. The molecule has 5 nitrogen and oxygen atoms in total. The Bertz CT molecular complexity index is 1170.